The molecule has 0 aliphatic carbocycles. The van der Waals surface area contributed by atoms with Crippen LogP contribution in [0.2, 0.25) is 0 Å². The normalized spacial score (nSPS) is 11.3. The number of alkyl halides is 3. The van der Waals surface area contributed by atoms with Crippen molar-refractivity contribution in [2.24, 2.45) is 0 Å². The lowest BCUT2D eigenvalue weighted by molar-refractivity contribution is -0.396. The van der Waals surface area contributed by atoms with E-state index in [1.165, 1.54) is 6.20 Å². The predicted octanol–water partition coefficient (Wildman–Crippen LogP) is 0.860. The van der Waals surface area contributed by atoms with Crippen LogP contribution >= 0.6 is 0 Å². The average Bonchev–Trinajstić information content (AvgIpc) is 2.63. The molecule has 0 unspecified atom stereocenters. The molecule has 0 fully saturated rings. The van der Waals surface area contributed by atoms with Gasteiger partial charge in [0.1, 0.15) is 12.4 Å². The molecule has 10 heteroatoms. The van der Waals surface area contributed by atoms with Crippen molar-refractivity contribution >= 4 is 11.9 Å². The maximum Gasteiger partial charge on any atom is 0.435 e. The highest BCUT2D eigenvalue weighted by molar-refractivity contribution is 5.75. The molecule has 0 aromatic carbocycles. The molecule has 1 rings (SSSR count). The fraction of sp³-hybridized carbons (Fsp3) is 0.500. The number of hydrogen-bond donors (Lipinski definition) is 1. The van der Waals surface area contributed by atoms with Gasteiger partial charge in [0.05, 0.1) is 6.42 Å². The molecular formula is C8H9F3N4O3. The van der Waals surface area contributed by atoms with Gasteiger partial charge in [0, 0.05) is 6.54 Å². The van der Waals surface area contributed by atoms with Gasteiger partial charge < -0.3 is 15.4 Å². The summed E-state index contributed by atoms with van der Waals surface area (Å²) < 4.78 is 36.3. The van der Waals surface area contributed by atoms with E-state index in [0.717, 1.165) is 10.8 Å². The van der Waals surface area contributed by atoms with Crippen LogP contribution in [0.3, 0.4) is 0 Å². The molecule has 1 aromatic rings. The Morgan fingerprint density at radius 3 is 2.78 bits per heavy atom. The lowest BCUT2D eigenvalue weighted by atomic mass is 10.4. The third kappa shape index (κ3) is 4.39. The minimum Gasteiger partial charge on any atom is -0.390 e. The van der Waals surface area contributed by atoms with Crippen molar-refractivity contribution in [2.75, 3.05) is 6.54 Å². The Morgan fingerprint density at radius 1 is 1.56 bits per heavy atom. The molecule has 100 valence electrons. The van der Waals surface area contributed by atoms with Crippen LogP contribution in [-0.2, 0) is 11.3 Å². The van der Waals surface area contributed by atoms with Gasteiger partial charge >= 0.3 is 12.1 Å². The minimum atomic E-state index is -4.35. The molecule has 1 heterocycles. The summed E-state index contributed by atoms with van der Waals surface area (Å²) in [7, 11) is 0. The Labute approximate surface area is 98.8 Å². The number of amides is 1. The van der Waals surface area contributed by atoms with E-state index in [2.05, 4.69) is 4.98 Å². The summed E-state index contributed by atoms with van der Waals surface area (Å²) in [5.74, 6) is -1.29. The van der Waals surface area contributed by atoms with Crippen LogP contribution in [0.1, 0.15) is 6.42 Å². The summed E-state index contributed by atoms with van der Waals surface area (Å²) in [5, 5.41) is 12.5. The van der Waals surface area contributed by atoms with Gasteiger partial charge in [-0.25, -0.2) is 4.57 Å². The number of rotatable bonds is 5. The van der Waals surface area contributed by atoms with Crippen LogP contribution in [0.5, 0.6) is 0 Å². The van der Waals surface area contributed by atoms with Crippen LogP contribution in [0.15, 0.2) is 12.4 Å². The third-order valence-corrected chi connectivity index (χ3v) is 1.90. The standard InChI is InChI=1S/C8H9F3N4O3/c9-8(10,11)1-2-12-6(16)5-14-4-3-13-7(14)15(17)18/h3-4H,1-2,5H2,(H,12,16). The van der Waals surface area contributed by atoms with E-state index in [4.69, 9.17) is 0 Å². The van der Waals surface area contributed by atoms with Crippen LogP contribution in [0.4, 0.5) is 19.1 Å². The number of carbonyl (C=O) groups excluding carboxylic acids is 1. The van der Waals surface area contributed by atoms with Gasteiger partial charge in [-0.1, -0.05) is 4.98 Å². The minimum absolute atomic E-state index is 0.450. The Hall–Kier alpha value is -2.13. The Morgan fingerprint density at radius 2 is 2.22 bits per heavy atom. The molecule has 1 N–H and O–H groups in total. The summed E-state index contributed by atoms with van der Waals surface area (Å²) in [4.78, 5) is 24.3. The maximum absolute atomic E-state index is 11.8. The lowest BCUT2D eigenvalue weighted by Gasteiger charge is -2.07. The van der Waals surface area contributed by atoms with Crippen LogP contribution in [0, 0.1) is 10.1 Å². The largest absolute Gasteiger partial charge is 0.435 e. The Bertz CT molecular complexity index is 443. The van der Waals surface area contributed by atoms with Crippen molar-refractivity contribution in [1.29, 1.82) is 0 Å². The van der Waals surface area contributed by atoms with Crippen LogP contribution in [-0.4, -0.2) is 33.1 Å². The summed E-state index contributed by atoms with van der Waals surface area (Å²) in [5.41, 5.74) is 0. The zero-order valence-corrected chi connectivity index (χ0v) is 8.98. The first-order valence-electron chi connectivity index (χ1n) is 4.78. The van der Waals surface area contributed by atoms with E-state index < -0.39 is 42.5 Å². The number of nitrogens with zero attached hydrogens (tertiary/aromatic N) is 3. The maximum atomic E-state index is 11.8. The molecule has 1 aromatic heterocycles. The Kier molecular flexibility index (Phi) is 4.23. The van der Waals surface area contributed by atoms with Crippen molar-refractivity contribution in [3.8, 4) is 0 Å². The smallest absolute Gasteiger partial charge is 0.390 e. The molecule has 7 nitrogen and oxygen atoms in total. The van der Waals surface area contributed by atoms with E-state index in [1.807, 2.05) is 5.32 Å². The highest BCUT2D eigenvalue weighted by Crippen LogP contribution is 2.18. The molecule has 18 heavy (non-hydrogen) atoms. The molecule has 1 amide bonds. The van der Waals surface area contributed by atoms with E-state index in [0.29, 0.717) is 0 Å². The van der Waals surface area contributed by atoms with E-state index in [1.54, 1.807) is 0 Å². The number of imidazole rings is 1. The number of aromatic nitrogens is 2. The van der Waals surface area contributed by atoms with Gasteiger partial charge in [0.25, 0.3) is 5.91 Å². The fourth-order valence-electron chi connectivity index (χ4n) is 1.15. The number of nitro groups is 1. The highest BCUT2D eigenvalue weighted by atomic mass is 19.4. The average molecular weight is 266 g/mol. The Balaban J connectivity index is 2.45. The molecule has 0 bridgehead atoms. The van der Waals surface area contributed by atoms with Crippen molar-refractivity contribution < 1.29 is 22.9 Å². The molecular weight excluding hydrogens is 257 g/mol. The van der Waals surface area contributed by atoms with E-state index >= 15 is 0 Å². The predicted molar refractivity (Wildman–Crippen MR) is 52.6 cm³/mol. The van der Waals surface area contributed by atoms with Gasteiger partial charge in [0.2, 0.25) is 0 Å². The van der Waals surface area contributed by atoms with Crippen molar-refractivity contribution in [2.45, 2.75) is 19.1 Å². The van der Waals surface area contributed by atoms with Gasteiger partial charge in [-0.05, 0) is 4.92 Å². The second-order valence-electron chi connectivity index (χ2n) is 3.33. The number of halogens is 3. The van der Waals surface area contributed by atoms with Gasteiger partial charge in [0.15, 0.2) is 6.54 Å². The zero-order chi connectivity index (χ0) is 13.8. The van der Waals surface area contributed by atoms with Crippen LogP contribution < -0.4 is 5.32 Å². The number of carbonyl (C=O) groups is 1. The lowest BCUT2D eigenvalue weighted by Crippen LogP contribution is -2.31. The second-order valence-corrected chi connectivity index (χ2v) is 3.33. The van der Waals surface area contributed by atoms with Crippen molar-refractivity contribution in [1.82, 2.24) is 14.9 Å². The van der Waals surface area contributed by atoms with E-state index in [9.17, 15) is 28.1 Å². The summed E-state index contributed by atoms with van der Waals surface area (Å²) in [6, 6.07) is 0. The molecule has 0 saturated heterocycles. The number of hydrogen-bond acceptors (Lipinski definition) is 4. The first kappa shape index (κ1) is 13.9. The first-order valence-corrected chi connectivity index (χ1v) is 4.78. The van der Waals surface area contributed by atoms with Gasteiger partial charge in [-0.2, -0.15) is 13.2 Å². The SMILES string of the molecule is O=C(Cn1ccnc1[N+](=O)[O-])NCCC(F)(F)F. The highest BCUT2D eigenvalue weighted by Gasteiger charge is 2.26. The third-order valence-electron chi connectivity index (χ3n) is 1.90. The molecule has 0 spiro atoms. The second kappa shape index (κ2) is 5.47. The number of nitrogens with one attached hydrogen (secondary N) is 1. The zero-order valence-electron chi connectivity index (χ0n) is 8.98. The molecule has 0 saturated carbocycles. The van der Waals surface area contributed by atoms with E-state index in [-0.39, 0.29) is 0 Å². The molecule has 0 radical (unpaired) electrons. The molecule has 0 atom stereocenters. The molecule has 0 aliphatic heterocycles. The molecule has 0 aliphatic rings. The van der Waals surface area contributed by atoms with Gasteiger partial charge in [-0.3, -0.25) is 4.79 Å². The fourth-order valence-corrected chi connectivity index (χ4v) is 1.15. The van der Waals surface area contributed by atoms with Crippen molar-refractivity contribution in [3.63, 3.8) is 0 Å². The summed E-state index contributed by atoms with van der Waals surface area (Å²) in [6.07, 6.45) is -3.18. The van der Waals surface area contributed by atoms with Crippen molar-refractivity contribution in [3.05, 3.63) is 22.5 Å². The first-order chi connectivity index (χ1) is 8.29. The topological polar surface area (TPSA) is 90.1 Å². The quantitative estimate of drug-likeness (QED) is 0.632. The summed E-state index contributed by atoms with van der Waals surface area (Å²) in [6.45, 7) is -1.01. The van der Waals surface area contributed by atoms with Gasteiger partial charge in [-0.15, -0.1) is 0 Å². The summed E-state index contributed by atoms with van der Waals surface area (Å²) >= 11 is 0. The van der Waals surface area contributed by atoms with Crippen LogP contribution in [0.25, 0.3) is 0 Å². The monoisotopic (exact) mass is 266 g/mol.